The second-order valence-electron chi connectivity index (χ2n) is 7.09. The molecule has 6 heteroatoms. The predicted octanol–water partition coefficient (Wildman–Crippen LogP) is 4.42. The molecule has 1 fully saturated rings. The van der Waals surface area contributed by atoms with Gasteiger partial charge in [-0.3, -0.25) is 9.69 Å². The molecule has 3 aromatic rings. The Morgan fingerprint density at radius 2 is 1.69 bits per heavy atom. The molecular formula is C23H23FN2O2S. The van der Waals surface area contributed by atoms with Crippen LogP contribution in [0.15, 0.2) is 66.0 Å². The van der Waals surface area contributed by atoms with E-state index < -0.39 is 0 Å². The lowest BCUT2D eigenvalue weighted by Gasteiger charge is -2.34. The molecule has 1 saturated heterocycles. The Hall–Kier alpha value is -2.70. The number of amides is 1. The van der Waals surface area contributed by atoms with Crippen molar-refractivity contribution < 1.29 is 13.9 Å². The zero-order valence-corrected chi connectivity index (χ0v) is 16.9. The Bertz CT molecular complexity index is 919. The number of piperazine rings is 1. The minimum absolute atomic E-state index is 0.0757. The number of nitrogens with zero attached hydrogens (tertiary/aromatic N) is 2. The molecule has 0 unspecified atom stereocenters. The zero-order chi connectivity index (χ0) is 20.1. The number of carbonyl (C=O) groups excluding carboxylic acids is 1. The van der Waals surface area contributed by atoms with Gasteiger partial charge in [0.15, 0.2) is 0 Å². The Kier molecular flexibility index (Phi) is 6.22. The number of halogens is 1. The van der Waals surface area contributed by atoms with Crippen molar-refractivity contribution in [3.05, 3.63) is 87.9 Å². The summed E-state index contributed by atoms with van der Waals surface area (Å²) >= 11 is 1.78. The molecular weight excluding hydrogens is 387 g/mol. The molecule has 4 rings (SSSR count). The van der Waals surface area contributed by atoms with Crippen LogP contribution in [0.5, 0.6) is 5.75 Å². The summed E-state index contributed by atoms with van der Waals surface area (Å²) in [5.74, 6) is 0.409. The minimum Gasteiger partial charge on any atom is -0.489 e. The SMILES string of the molecule is O=C(c1ccc(COc2ccc(F)cc2)cc1)N1CCN(Cc2cccs2)CC1. The largest absolute Gasteiger partial charge is 0.489 e. The minimum atomic E-state index is -0.285. The van der Waals surface area contributed by atoms with Crippen molar-refractivity contribution in [2.45, 2.75) is 13.2 Å². The third-order valence-corrected chi connectivity index (χ3v) is 5.90. The van der Waals surface area contributed by atoms with E-state index in [1.165, 1.54) is 17.0 Å². The molecule has 0 atom stereocenters. The van der Waals surface area contributed by atoms with Crippen LogP contribution in [-0.2, 0) is 13.2 Å². The Morgan fingerprint density at radius 3 is 2.34 bits per heavy atom. The first-order chi connectivity index (χ1) is 14.2. The van der Waals surface area contributed by atoms with Crippen molar-refractivity contribution in [2.24, 2.45) is 0 Å². The van der Waals surface area contributed by atoms with Crippen molar-refractivity contribution in [2.75, 3.05) is 26.2 Å². The maximum Gasteiger partial charge on any atom is 0.253 e. The van der Waals surface area contributed by atoms with Gasteiger partial charge in [0.1, 0.15) is 18.2 Å². The summed E-state index contributed by atoms with van der Waals surface area (Å²) in [4.78, 5) is 18.5. The van der Waals surface area contributed by atoms with E-state index in [1.807, 2.05) is 29.2 Å². The van der Waals surface area contributed by atoms with Crippen molar-refractivity contribution in [1.29, 1.82) is 0 Å². The van der Waals surface area contributed by atoms with E-state index in [4.69, 9.17) is 4.74 Å². The average molecular weight is 411 g/mol. The molecule has 1 amide bonds. The van der Waals surface area contributed by atoms with Crippen LogP contribution in [0.4, 0.5) is 4.39 Å². The second-order valence-corrected chi connectivity index (χ2v) is 8.12. The van der Waals surface area contributed by atoms with Gasteiger partial charge in [-0.1, -0.05) is 18.2 Å². The molecule has 0 saturated carbocycles. The normalized spacial score (nSPS) is 14.7. The molecule has 4 nitrogen and oxygen atoms in total. The van der Waals surface area contributed by atoms with Gasteiger partial charge in [0.05, 0.1) is 0 Å². The molecule has 0 radical (unpaired) electrons. The fourth-order valence-electron chi connectivity index (χ4n) is 3.36. The van der Waals surface area contributed by atoms with Gasteiger partial charge < -0.3 is 9.64 Å². The van der Waals surface area contributed by atoms with Gasteiger partial charge in [-0.05, 0) is 53.4 Å². The monoisotopic (exact) mass is 410 g/mol. The summed E-state index contributed by atoms with van der Waals surface area (Å²) in [6.07, 6.45) is 0. The second kappa shape index (κ2) is 9.20. The lowest BCUT2D eigenvalue weighted by atomic mass is 10.1. The molecule has 2 aromatic carbocycles. The fourth-order valence-corrected chi connectivity index (χ4v) is 4.10. The summed E-state index contributed by atoms with van der Waals surface area (Å²) in [5.41, 5.74) is 1.66. The highest BCUT2D eigenvalue weighted by Gasteiger charge is 2.22. The van der Waals surface area contributed by atoms with Crippen molar-refractivity contribution >= 4 is 17.2 Å². The van der Waals surface area contributed by atoms with Crippen LogP contribution in [0, 0.1) is 5.82 Å². The number of ether oxygens (including phenoxy) is 1. The van der Waals surface area contributed by atoms with Gasteiger partial charge in [-0.25, -0.2) is 4.39 Å². The predicted molar refractivity (Wildman–Crippen MR) is 113 cm³/mol. The molecule has 2 heterocycles. The average Bonchev–Trinajstić information content (AvgIpc) is 3.27. The van der Waals surface area contributed by atoms with E-state index in [2.05, 4.69) is 22.4 Å². The quantitative estimate of drug-likeness (QED) is 0.603. The third kappa shape index (κ3) is 5.22. The van der Waals surface area contributed by atoms with Crippen LogP contribution in [0.3, 0.4) is 0 Å². The van der Waals surface area contributed by atoms with Crippen molar-refractivity contribution in [1.82, 2.24) is 9.80 Å². The number of thiophene rings is 1. The smallest absolute Gasteiger partial charge is 0.253 e. The Labute approximate surface area is 174 Å². The molecule has 0 bridgehead atoms. The van der Waals surface area contributed by atoms with Crippen molar-refractivity contribution in [3.63, 3.8) is 0 Å². The molecule has 1 aliphatic heterocycles. The van der Waals surface area contributed by atoms with E-state index in [1.54, 1.807) is 23.5 Å². The van der Waals surface area contributed by atoms with Gasteiger partial charge in [-0.2, -0.15) is 0 Å². The first-order valence-electron chi connectivity index (χ1n) is 9.69. The molecule has 0 aliphatic carbocycles. The maximum atomic E-state index is 12.9. The van der Waals surface area contributed by atoms with Gasteiger partial charge >= 0.3 is 0 Å². The lowest BCUT2D eigenvalue weighted by molar-refractivity contribution is 0.0629. The fraction of sp³-hybridized carbons (Fsp3) is 0.261. The molecule has 29 heavy (non-hydrogen) atoms. The van der Waals surface area contributed by atoms with Crippen LogP contribution in [0.1, 0.15) is 20.8 Å². The van der Waals surface area contributed by atoms with Crippen molar-refractivity contribution in [3.8, 4) is 5.75 Å². The first-order valence-corrected chi connectivity index (χ1v) is 10.6. The summed E-state index contributed by atoms with van der Waals surface area (Å²) in [6.45, 7) is 4.63. The molecule has 0 N–H and O–H groups in total. The van der Waals surface area contributed by atoms with E-state index >= 15 is 0 Å². The maximum absolute atomic E-state index is 12.9. The highest BCUT2D eigenvalue weighted by atomic mass is 32.1. The summed E-state index contributed by atoms with van der Waals surface area (Å²) in [7, 11) is 0. The number of benzene rings is 2. The van der Waals surface area contributed by atoms with Gasteiger partial charge in [-0.15, -0.1) is 11.3 Å². The number of carbonyl (C=O) groups is 1. The number of hydrogen-bond acceptors (Lipinski definition) is 4. The highest BCUT2D eigenvalue weighted by Crippen LogP contribution is 2.17. The topological polar surface area (TPSA) is 32.8 Å². The van der Waals surface area contributed by atoms with Crippen LogP contribution in [0.25, 0.3) is 0 Å². The Morgan fingerprint density at radius 1 is 0.966 bits per heavy atom. The summed E-state index contributed by atoms with van der Waals surface area (Å²) in [6, 6.07) is 17.7. The van der Waals surface area contributed by atoms with Gasteiger partial charge in [0.2, 0.25) is 0 Å². The van der Waals surface area contributed by atoms with E-state index in [9.17, 15) is 9.18 Å². The highest BCUT2D eigenvalue weighted by molar-refractivity contribution is 7.09. The number of hydrogen-bond donors (Lipinski definition) is 0. The van der Waals surface area contributed by atoms with Crippen LogP contribution in [0.2, 0.25) is 0 Å². The van der Waals surface area contributed by atoms with Gasteiger partial charge in [0.25, 0.3) is 5.91 Å². The summed E-state index contributed by atoms with van der Waals surface area (Å²) in [5, 5.41) is 2.10. The number of rotatable bonds is 6. The van der Waals surface area contributed by atoms with Crippen LogP contribution >= 0.6 is 11.3 Å². The third-order valence-electron chi connectivity index (χ3n) is 5.04. The Balaban J connectivity index is 1.27. The van der Waals surface area contributed by atoms with Crippen LogP contribution < -0.4 is 4.74 Å². The van der Waals surface area contributed by atoms with E-state index in [0.717, 1.165) is 38.3 Å². The van der Waals surface area contributed by atoms with E-state index in [0.29, 0.717) is 17.9 Å². The molecule has 1 aromatic heterocycles. The molecule has 150 valence electrons. The van der Waals surface area contributed by atoms with E-state index in [-0.39, 0.29) is 11.7 Å². The first kappa shape index (κ1) is 19.6. The summed E-state index contributed by atoms with van der Waals surface area (Å²) < 4.78 is 18.6. The lowest BCUT2D eigenvalue weighted by Crippen LogP contribution is -2.48. The van der Waals surface area contributed by atoms with Crippen LogP contribution in [-0.4, -0.2) is 41.9 Å². The van der Waals surface area contributed by atoms with Gasteiger partial charge in [0, 0.05) is 43.2 Å². The standard InChI is InChI=1S/C23H23FN2O2S/c24-20-7-9-21(10-8-20)28-17-18-3-5-19(6-4-18)23(27)26-13-11-25(12-14-26)16-22-2-1-15-29-22/h1-10,15H,11-14,16-17H2. The zero-order valence-electron chi connectivity index (χ0n) is 16.1. The molecule has 1 aliphatic rings. The molecule has 0 spiro atoms.